The maximum Gasteiger partial charge on any atom is 0.257 e. The minimum atomic E-state index is -0.828. The zero-order valence-electron chi connectivity index (χ0n) is 20.8. The lowest BCUT2D eigenvalue weighted by atomic mass is 10.0. The van der Waals surface area contributed by atoms with Crippen LogP contribution in [0.1, 0.15) is 21.5 Å². The Labute approximate surface area is 225 Å². The summed E-state index contributed by atoms with van der Waals surface area (Å²) < 4.78 is 5.43. The van der Waals surface area contributed by atoms with Gasteiger partial charge in [0, 0.05) is 47.1 Å². The molecule has 0 aliphatic rings. The molecule has 1 unspecified atom stereocenters. The Kier molecular flexibility index (Phi) is 9.42. The molecule has 0 saturated carbocycles. The summed E-state index contributed by atoms with van der Waals surface area (Å²) >= 11 is 1.67. The fraction of sp³-hybridized carbons (Fsp3) is 0.207. The van der Waals surface area contributed by atoms with Crippen molar-refractivity contribution >= 4 is 40.4 Å². The number of ether oxygens (including phenoxy) is 1. The molecule has 0 saturated heterocycles. The van der Waals surface area contributed by atoms with E-state index < -0.39 is 11.9 Å². The van der Waals surface area contributed by atoms with Gasteiger partial charge >= 0.3 is 0 Å². The van der Waals surface area contributed by atoms with E-state index in [0.29, 0.717) is 24.3 Å². The van der Waals surface area contributed by atoms with Crippen molar-refractivity contribution < 1.29 is 19.1 Å². The molecule has 1 heterocycles. The van der Waals surface area contributed by atoms with Gasteiger partial charge in [-0.2, -0.15) is 11.8 Å². The van der Waals surface area contributed by atoms with Crippen molar-refractivity contribution in [2.45, 2.75) is 18.2 Å². The van der Waals surface area contributed by atoms with Crippen LogP contribution in [-0.2, 0) is 21.8 Å². The summed E-state index contributed by atoms with van der Waals surface area (Å²) in [5, 5.41) is 6.60. The number of hydrogen-bond acceptors (Lipinski definition) is 5. The zero-order valence-corrected chi connectivity index (χ0v) is 21.6. The van der Waals surface area contributed by atoms with E-state index in [4.69, 9.17) is 10.5 Å². The molecule has 0 aliphatic heterocycles. The third-order valence-corrected chi connectivity index (χ3v) is 6.94. The molecule has 3 aromatic carbocycles. The van der Waals surface area contributed by atoms with E-state index in [1.807, 2.05) is 60.8 Å². The van der Waals surface area contributed by atoms with Crippen molar-refractivity contribution in [1.29, 1.82) is 0 Å². The summed E-state index contributed by atoms with van der Waals surface area (Å²) in [5.41, 5.74) is 8.97. The molecule has 1 aromatic heterocycles. The number of rotatable bonds is 13. The summed E-state index contributed by atoms with van der Waals surface area (Å²) in [6.45, 7) is 0.518. The molecule has 5 N–H and O–H groups in total. The largest absolute Gasteiger partial charge is 0.484 e. The number of fused-ring (bicyclic) bond motifs is 1. The number of carbonyl (C=O) groups is 3. The predicted molar refractivity (Wildman–Crippen MR) is 150 cm³/mol. The Bertz CT molecular complexity index is 1370. The summed E-state index contributed by atoms with van der Waals surface area (Å²) in [7, 11) is 0. The van der Waals surface area contributed by atoms with E-state index in [0.717, 1.165) is 33.5 Å². The molecule has 0 radical (unpaired) electrons. The molecule has 9 heteroatoms. The van der Waals surface area contributed by atoms with E-state index >= 15 is 0 Å². The Balaban J connectivity index is 1.19. The number of benzene rings is 3. The number of nitrogens with one attached hydrogen (secondary N) is 3. The van der Waals surface area contributed by atoms with Crippen molar-refractivity contribution in [3.05, 3.63) is 102 Å². The number of thioether (sulfide) groups is 1. The fourth-order valence-corrected chi connectivity index (χ4v) is 4.73. The summed E-state index contributed by atoms with van der Waals surface area (Å²) in [6.07, 6.45) is 2.14. The zero-order chi connectivity index (χ0) is 26.7. The van der Waals surface area contributed by atoms with Gasteiger partial charge in [-0.15, -0.1) is 0 Å². The molecule has 0 spiro atoms. The van der Waals surface area contributed by atoms with Gasteiger partial charge in [-0.3, -0.25) is 14.4 Å². The van der Waals surface area contributed by atoms with Gasteiger partial charge in [-0.25, -0.2) is 0 Å². The maximum atomic E-state index is 12.8. The standard InChI is InChI=1S/C29H30N4O4S/c30-28(35)26(16-22-17-32-25-9-5-4-8-24(22)25)33-29(36)21-12-10-20(11-13-21)19-38-15-14-31-27(34)18-37-23-6-2-1-3-7-23/h1-13,17,26,32H,14-16,18-19H2,(H2,30,35)(H,31,34)(H,33,36). The van der Waals surface area contributed by atoms with Gasteiger partial charge < -0.3 is 26.1 Å². The first-order valence-electron chi connectivity index (χ1n) is 12.3. The van der Waals surface area contributed by atoms with Gasteiger partial charge in [0.05, 0.1) is 0 Å². The summed E-state index contributed by atoms with van der Waals surface area (Å²) in [5.74, 6) is 1.04. The smallest absolute Gasteiger partial charge is 0.257 e. The molecule has 196 valence electrons. The Morgan fingerprint density at radius 1 is 0.947 bits per heavy atom. The average Bonchev–Trinajstić information content (AvgIpc) is 3.35. The van der Waals surface area contributed by atoms with Crippen molar-refractivity contribution in [2.24, 2.45) is 5.73 Å². The monoisotopic (exact) mass is 530 g/mol. The summed E-state index contributed by atoms with van der Waals surface area (Å²) in [4.78, 5) is 39.9. The lowest BCUT2D eigenvalue weighted by molar-refractivity contribution is -0.123. The van der Waals surface area contributed by atoms with Crippen LogP contribution in [-0.4, -0.2) is 47.7 Å². The molecule has 8 nitrogen and oxygen atoms in total. The lowest BCUT2D eigenvalue weighted by Crippen LogP contribution is -2.45. The van der Waals surface area contributed by atoms with Crippen molar-refractivity contribution in [3.8, 4) is 5.75 Å². The van der Waals surface area contributed by atoms with Crippen LogP contribution in [0.3, 0.4) is 0 Å². The van der Waals surface area contributed by atoms with Crippen molar-refractivity contribution in [2.75, 3.05) is 18.9 Å². The number of aromatic nitrogens is 1. The second-order valence-electron chi connectivity index (χ2n) is 8.69. The highest BCUT2D eigenvalue weighted by Gasteiger charge is 2.21. The van der Waals surface area contributed by atoms with Crippen molar-refractivity contribution in [3.63, 3.8) is 0 Å². The van der Waals surface area contributed by atoms with Crippen LogP contribution < -0.4 is 21.1 Å². The van der Waals surface area contributed by atoms with Gasteiger partial charge in [0.2, 0.25) is 5.91 Å². The van der Waals surface area contributed by atoms with Gasteiger partial charge in [-0.05, 0) is 41.5 Å². The number of carbonyl (C=O) groups excluding carboxylic acids is 3. The van der Waals surface area contributed by atoms with Crippen LogP contribution in [0, 0.1) is 0 Å². The highest BCUT2D eigenvalue weighted by atomic mass is 32.2. The van der Waals surface area contributed by atoms with E-state index in [1.54, 1.807) is 36.0 Å². The van der Waals surface area contributed by atoms with Crippen LogP contribution in [0.15, 0.2) is 85.1 Å². The minimum absolute atomic E-state index is 0.0173. The number of hydrogen-bond donors (Lipinski definition) is 4. The number of para-hydroxylation sites is 2. The molecule has 3 amide bonds. The minimum Gasteiger partial charge on any atom is -0.484 e. The highest BCUT2D eigenvalue weighted by Crippen LogP contribution is 2.19. The molecule has 38 heavy (non-hydrogen) atoms. The number of nitrogens with two attached hydrogens (primary N) is 1. The van der Waals surface area contributed by atoms with Crippen LogP contribution in [0.4, 0.5) is 0 Å². The first-order valence-corrected chi connectivity index (χ1v) is 13.4. The number of H-pyrrole nitrogens is 1. The highest BCUT2D eigenvalue weighted by molar-refractivity contribution is 7.98. The molecule has 4 rings (SSSR count). The van der Waals surface area contributed by atoms with Gasteiger partial charge in [0.1, 0.15) is 11.8 Å². The second kappa shape index (κ2) is 13.3. The van der Waals surface area contributed by atoms with Gasteiger partial charge in [0.15, 0.2) is 6.61 Å². The third-order valence-electron chi connectivity index (χ3n) is 5.91. The Hall–Kier alpha value is -4.24. The van der Waals surface area contributed by atoms with Crippen LogP contribution in [0.5, 0.6) is 5.75 Å². The molecule has 0 bridgehead atoms. The maximum absolute atomic E-state index is 12.8. The van der Waals surface area contributed by atoms with Crippen LogP contribution >= 0.6 is 11.8 Å². The Morgan fingerprint density at radius 2 is 1.68 bits per heavy atom. The number of aromatic amines is 1. The lowest BCUT2D eigenvalue weighted by Gasteiger charge is -2.15. The topological polar surface area (TPSA) is 126 Å². The van der Waals surface area contributed by atoms with Crippen molar-refractivity contribution in [1.82, 2.24) is 15.6 Å². The molecular weight excluding hydrogens is 500 g/mol. The second-order valence-corrected chi connectivity index (χ2v) is 9.80. The van der Waals surface area contributed by atoms with E-state index in [2.05, 4.69) is 15.6 Å². The molecule has 4 aromatic rings. The van der Waals surface area contributed by atoms with Gasteiger partial charge in [-0.1, -0.05) is 48.5 Å². The predicted octanol–water partition coefficient (Wildman–Crippen LogP) is 3.42. The number of amides is 3. The normalized spacial score (nSPS) is 11.6. The van der Waals surface area contributed by atoms with Gasteiger partial charge in [0.25, 0.3) is 11.8 Å². The molecule has 1 atom stereocenters. The van der Waals surface area contributed by atoms with E-state index in [9.17, 15) is 14.4 Å². The molecular formula is C29H30N4O4S. The molecule has 0 fully saturated rings. The van der Waals surface area contributed by atoms with Crippen LogP contribution in [0.2, 0.25) is 0 Å². The summed E-state index contributed by atoms with van der Waals surface area (Å²) in [6, 6.07) is 23.4. The first-order chi connectivity index (χ1) is 18.5. The quantitative estimate of drug-likeness (QED) is 0.197. The SMILES string of the molecule is NC(=O)C(Cc1c[nH]c2ccccc12)NC(=O)c1ccc(CSCCNC(=O)COc2ccccc2)cc1. The van der Waals surface area contributed by atoms with E-state index in [1.165, 1.54) is 0 Å². The number of primary amides is 1. The fourth-order valence-electron chi connectivity index (χ4n) is 3.91. The van der Waals surface area contributed by atoms with E-state index in [-0.39, 0.29) is 18.4 Å². The third kappa shape index (κ3) is 7.63. The molecule has 0 aliphatic carbocycles. The Morgan fingerprint density at radius 3 is 2.45 bits per heavy atom. The average molecular weight is 531 g/mol. The first kappa shape index (κ1) is 26.8. The van der Waals surface area contributed by atoms with Crippen LogP contribution in [0.25, 0.3) is 10.9 Å².